The standard InChI is InChI=1S/C18H19NO2/c20-18-11-17(14-21-18)19(12-15-7-3-1-4-8-15)13-16-9-5-2-6-10-16/h1-10,17H,11-14H2. The molecule has 0 N–H and O–H groups in total. The first kappa shape index (κ1) is 13.8. The Bertz CT molecular complexity index is 541. The first-order chi connectivity index (χ1) is 10.3. The molecule has 0 spiro atoms. The molecule has 1 fully saturated rings. The van der Waals surface area contributed by atoms with Crippen molar-refractivity contribution in [3.8, 4) is 0 Å². The number of rotatable bonds is 5. The molecule has 0 aliphatic carbocycles. The molecular formula is C18H19NO2. The van der Waals surface area contributed by atoms with Gasteiger partial charge in [0.2, 0.25) is 0 Å². The highest BCUT2D eigenvalue weighted by Gasteiger charge is 2.29. The molecule has 1 heterocycles. The van der Waals surface area contributed by atoms with Gasteiger partial charge in [-0.2, -0.15) is 0 Å². The van der Waals surface area contributed by atoms with Crippen molar-refractivity contribution in [2.45, 2.75) is 25.6 Å². The van der Waals surface area contributed by atoms with E-state index in [1.54, 1.807) is 0 Å². The average Bonchev–Trinajstić information content (AvgIpc) is 2.95. The van der Waals surface area contributed by atoms with Crippen molar-refractivity contribution in [3.63, 3.8) is 0 Å². The molecule has 0 amide bonds. The highest BCUT2D eigenvalue weighted by molar-refractivity contribution is 5.72. The number of hydrogen-bond donors (Lipinski definition) is 0. The topological polar surface area (TPSA) is 29.5 Å². The normalized spacial score (nSPS) is 18.0. The zero-order valence-electron chi connectivity index (χ0n) is 11.9. The molecule has 3 nitrogen and oxygen atoms in total. The second-order valence-electron chi connectivity index (χ2n) is 5.42. The molecule has 1 unspecified atom stereocenters. The van der Waals surface area contributed by atoms with E-state index in [1.807, 2.05) is 36.4 Å². The fourth-order valence-electron chi connectivity index (χ4n) is 2.68. The average molecular weight is 281 g/mol. The maximum absolute atomic E-state index is 11.4. The number of esters is 1. The fourth-order valence-corrected chi connectivity index (χ4v) is 2.68. The highest BCUT2D eigenvalue weighted by Crippen LogP contribution is 2.19. The lowest BCUT2D eigenvalue weighted by molar-refractivity contribution is -0.137. The summed E-state index contributed by atoms with van der Waals surface area (Å²) in [5.41, 5.74) is 2.51. The number of benzene rings is 2. The number of nitrogens with zero attached hydrogens (tertiary/aromatic N) is 1. The van der Waals surface area contributed by atoms with Gasteiger partial charge in [0.05, 0.1) is 12.5 Å². The van der Waals surface area contributed by atoms with Gasteiger partial charge in [-0.15, -0.1) is 0 Å². The van der Waals surface area contributed by atoms with Crippen LogP contribution in [0.5, 0.6) is 0 Å². The first-order valence-electron chi connectivity index (χ1n) is 7.29. The summed E-state index contributed by atoms with van der Waals surface area (Å²) in [4.78, 5) is 13.7. The maximum atomic E-state index is 11.4. The molecule has 0 radical (unpaired) electrons. The maximum Gasteiger partial charge on any atom is 0.307 e. The summed E-state index contributed by atoms with van der Waals surface area (Å²) in [6, 6.07) is 20.9. The molecular weight excluding hydrogens is 262 g/mol. The molecule has 0 saturated carbocycles. The smallest absolute Gasteiger partial charge is 0.307 e. The molecule has 1 atom stereocenters. The van der Waals surface area contributed by atoms with Crippen molar-refractivity contribution in [1.82, 2.24) is 4.90 Å². The summed E-state index contributed by atoms with van der Waals surface area (Å²) >= 11 is 0. The second kappa shape index (κ2) is 6.55. The summed E-state index contributed by atoms with van der Waals surface area (Å²) in [5, 5.41) is 0. The molecule has 0 aromatic heterocycles. The van der Waals surface area contributed by atoms with Crippen LogP contribution < -0.4 is 0 Å². The van der Waals surface area contributed by atoms with E-state index >= 15 is 0 Å². The van der Waals surface area contributed by atoms with E-state index in [2.05, 4.69) is 29.2 Å². The summed E-state index contributed by atoms with van der Waals surface area (Å²) in [7, 11) is 0. The summed E-state index contributed by atoms with van der Waals surface area (Å²) in [5.74, 6) is -0.0916. The Kier molecular flexibility index (Phi) is 4.31. The van der Waals surface area contributed by atoms with E-state index in [4.69, 9.17) is 4.74 Å². The quantitative estimate of drug-likeness (QED) is 0.789. The highest BCUT2D eigenvalue weighted by atomic mass is 16.5. The van der Waals surface area contributed by atoms with Crippen LogP contribution in [0, 0.1) is 0 Å². The van der Waals surface area contributed by atoms with E-state index in [0.717, 1.165) is 13.1 Å². The van der Waals surface area contributed by atoms with Gasteiger partial charge in [-0.05, 0) is 11.1 Å². The van der Waals surface area contributed by atoms with E-state index < -0.39 is 0 Å². The van der Waals surface area contributed by atoms with Gasteiger partial charge in [-0.25, -0.2) is 0 Å². The Hall–Kier alpha value is -2.13. The monoisotopic (exact) mass is 281 g/mol. The third-order valence-electron chi connectivity index (χ3n) is 3.81. The van der Waals surface area contributed by atoms with Gasteiger partial charge in [0, 0.05) is 13.1 Å². The summed E-state index contributed by atoms with van der Waals surface area (Å²) in [6.07, 6.45) is 0.486. The first-order valence-corrected chi connectivity index (χ1v) is 7.29. The van der Waals surface area contributed by atoms with Gasteiger partial charge in [0.15, 0.2) is 0 Å². The molecule has 2 aromatic carbocycles. The minimum Gasteiger partial charge on any atom is -0.464 e. The van der Waals surface area contributed by atoms with Crippen molar-refractivity contribution < 1.29 is 9.53 Å². The van der Waals surface area contributed by atoms with Crippen LogP contribution in [0.25, 0.3) is 0 Å². The largest absolute Gasteiger partial charge is 0.464 e. The molecule has 3 heteroatoms. The van der Waals surface area contributed by atoms with Crippen LogP contribution in [0.1, 0.15) is 17.5 Å². The molecule has 0 bridgehead atoms. The van der Waals surface area contributed by atoms with E-state index in [0.29, 0.717) is 13.0 Å². The number of carbonyl (C=O) groups excluding carboxylic acids is 1. The predicted molar refractivity (Wildman–Crippen MR) is 81.5 cm³/mol. The number of ether oxygens (including phenoxy) is 1. The molecule has 1 saturated heterocycles. The Balaban J connectivity index is 1.76. The van der Waals surface area contributed by atoms with Crippen molar-refractivity contribution in [2.24, 2.45) is 0 Å². The SMILES string of the molecule is O=C1CC(N(Cc2ccccc2)Cc2ccccc2)CO1. The molecule has 21 heavy (non-hydrogen) atoms. The molecule has 108 valence electrons. The second-order valence-corrected chi connectivity index (χ2v) is 5.42. The third kappa shape index (κ3) is 3.70. The minimum atomic E-state index is -0.0916. The lowest BCUT2D eigenvalue weighted by Gasteiger charge is -2.27. The van der Waals surface area contributed by atoms with Gasteiger partial charge in [0.1, 0.15) is 6.61 Å². The Labute approximate surface area is 125 Å². The number of hydrogen-bond acceptors (Lipinski definition) is 3. The molecule has 1 aliphatic heterocycles. The zero-order valence-corrected chi connectivity index (χ0v) is 11.9. The van der Waals surface area contributed by atoms with Crippen molar-refractivity contribution in [2.75, 3.05) is 6.61 Å². The summed E-state index contributed by atoms with van der Waals surface area (Å²) in [6.45, 7) is 2.16. The minimum absolute atomic E-state index is 0.0916. The predicted octanol–water partition coefficient (Wildman–Crippen LogP) is 3.00. The molecule has 3 rings (SSSR count). The third-order valence-corrected chi connectivity index (χ3v) is 3.81. The molecule has 1 aliphatic rings. The lowest BCUT2D eigenvalue weighted by Crippen LogP contribution is -2.34. The van der Waals surface area contributed by atoms with Crippen LogP contribution in [-0.2, 0) is 22.6 Å². The van der Waals surface area contributed by atoms with Crippen LogP contribution in [0.15, 0.2) is 60.7 Å². The zero-order chi connectivity index (χ0) is 14.5. The van der Waals surface area contributed by atoms with Crippen molar-refractivity contribution >= 4 is 5.97 Å². The van der Waals surface area contributed by atoms with E-state index in [-0.39, 0.29) is 12.0 Å². The lowest BCUT2D eigenvalue weighted by atomic mass is 10.1. The summed E-state index contributed by atoms with van der Waals surface area (Å²) < 4.78 is 5.14. The number of cyclic esters (lactones) is 1. The Morgan fingerprint density at radius 2 is 1.43 bits per heavy atom. The van der Waals surface area contributed by atoms with Crippen LogP contribution in [0.4, 0.5) is 0 Å². The van der Waals surface area contributed by atoms with Crippen LogP contribution in [0.3, 0.4) is 0 Å². The van der Waals surface area contributed by atoms with Gasteiger partial charge in [0.25, 0.3) is 0 Å². The van der Waals surface area contributed by atoms with Crippen LogP contribution in [0.2, 0.25) is 0 Å². The number of carbonyl (C=O) groups is 1. The fraction of sp³-hybridized carbons (Fsp3) is 0.278. The van der Waals surface area contributed by atoms with Crippen molar-refractivity contribution in [3.05, 3.63) is 71.8 Å². The Morgan fingerprint density at radius 3 is 1.86 bits per heavy atom. The van der Waals surface area contributed by atoms with Gasteiger partial charge >= 0.3 is 5.97 Å². The molecule has 2 aromatic rings. The Morgan fingerprint density at radius 1 is 0.905 bits per heavy atom. The van der Waals surface area contributed by atoms with Gasteiger partial charge < -0.3 is 4.74 Å². The van der Waals surface area contributed by atoms with Crippen LogP contribution >= 0.6 is 0 Å². The van der Waals surface area contributed by atoms with Gasteiger partial charge in [-0.1, -0.05) is 60.7 Å². The van der Waals surface area contributed by atoms with Crippen LogP contribution in [-0.4, -0.2) is 23.5 Å². The van der Waals surface area contributed by atoms with Gasteiger partial charge in [-0.3, -0.25) is 9.69 Å². The van der Waals surface area contributed by atoms with E-state index in [9.17, 15) is 4.79 Å². The van der Waals surface area contributed by atoms with E-state index in [1.165, 1.54) is 11.1 Å². The van der Waals surface area contributed by atoms with Crippen molar-refractivity contribution in [1.29, 1.82) is 0 Å².